The van der Waals surface area contributed by atoms with Gasteiger partial charge < -0.3 is 18.9 Å². The molecule has 21 heavy (non-hydrogen) atoms. The number of carbonyl (C=O) groups is 2. The van der Waals surface area contributed by atoms with E-state index >= 15 is 0 Å². The maximum atomic E-state index is 12.2. The predicted molar refractivity (Wildman–Crippen MR) is 73.4 cm³/mol. The average Bonchev–Trinajstić information content (AvgIpc) is 3.08. The zero-order chi connectivity index (χ0) is 15.2. The molecule has 6 heteroatoms. The summed E-state index contributed by atoms with van der Waals surface area (Å²) in [5, 5.41) is 0. The van der Waals surface area contributed by atoms with Gasteiger partial charge in [0.15, 0.2) is 0 Å². The quantitative estimate of drug-likeness (QED) is 0.375. The Morgan fingerprint density at radius 1 is 0.857 bits per heavy atom. The lowest BCUT2D eigenvalue weighted by Crippen LogP contribution is -2.36. The minimum absolute atomic E-state index is 0.0741. The molecule has 0 aromatic rings. The summed E-state index contributed by atoms with van der Waals surface area (Å²) in [6.45, 7) is 1.12. The summed E-state index contributed by atoms with van der Waals surface area (Å²) in [6, 6.07) is 0. The Labute approximate surface area is 124 Å². The molecule has 2 aliphatic carbocycles. The van der Waals surface area contributed by atoms with Crippen molar-refractivity contribution in [2.24, 2.45) is 23.7 Å². The predicted octanol–water partition coefficient (Wildman–Crippen LogP) is 0.804. The Hall–Kier alpha value is -1.40. The molecule has 1 saturated carbocycles. The molecule has 6 nitrogen and oxygen atoms in total. The first-order chi connectivity index (χ1) is 10.2. The first-order valence-corrected chi connectivity index (χ1v) is 7.18. The molecule has 0 saturated heterocycles. The van der Waals surface area contributed by atoms with Gasteiger partial charge in [-0.3, -0.25) is 9.59 Å². The second-order valence-corrected chi connectivity index (χ2v) is 5.32. The highest BCUT2D eigenvalue weighted by molar-refractivity contribution is 5.84. The highest BCUT2D eigenvalue weighted by Crippen LogP contribution is 2.48. The van der Waals surface area contributed by atoms with Crippen LogP contribution in [0.1, 0.15) is 6.42 Å². The number of fused-ring (bicyclic) bond motifs is 2. The summed E-state index contributed by atoms with van der Waals surface area (Å²) < 4.78 is 20.1. The fourth-order valence-electron chi connectivity index (χ4n) is 3.11. The van der Waals surface area contributed by atoms with E-state index in [0.717, 1.165) is 6.42 Å². The van der Waals surface area contributed by atoms with Crippen LogP contribution in [0.25, 0.3) is 0 Å². The highest BCUT2D eigenvalue weighted by Gasteiger charge is 2.53. The average molecular weight is 298 g/mol. The van der Waals surface area contributed by atoms with E-state index in [-0.39, 0.29) is 37.0 Å². The van der Waals surface area contributed by atoms with Crippen molar-refractivity contribution in [3.05, 3.63) is 12.2 Å². The van der Waals surface area contributed by atoms with Gasteiger partial charge in [0.2, 0.25) is 0 Å². The molecular weight excluding hydrogens is 276 g/mol. The van der Waals surface area contributed by atoms with Gasteiger partial charge in [0.25, 0.3) is 0 Å². The van der Waals surface area contributed by atoms with Crippen LogP contribution in [-0.4, -0.2) is 52.6 Å². The molecule has 2 unspecified atom stereocenters. The van der Waals surface area contributed by atoms with Crippen LogP contribution in [0.4, 0.5) is 0 Å². The molecule has 2 bridgehead atoms. The van der Waals surface area contributed by atoms with Crippen LogP contribution in [0.2, 0.25) is 0 Å². The largest absolute Gasteiger partial charge is 0.463 e. The molecule has 2 rings (SSSR count). The van der Waals surface area contributed by atoms with Gasteiger partial charge in [-0.05, 0) is 18.3 Å². The van der Waals surface area contributed by atoms with E-state index in [1.807, 2.05) is 12.2 Å². The zero-order valence-electron chi connectivity index (χ0n) is 12.4. The van der Waals surface area contributed by atoms with Crippen LogP contribution in [0.5, 0.6) is 0 Å². The normalized spacial score (nSPS) is 29.6. The third kappa shape index (κ3) is 3.63. The smallest absolute Gasteiger partial charge is 0.310 e. The van der Waals surface area contributed by atoms with Crippen molar-refractivity contribution < 1.29 is 28.5 Å². The third-order valence-corrected chi connectivity index (χ3v) is 4.07. The molecule has 0 aliphatic heterocycles. The van der Waals surface area contributed by atoms with Gasteiger partial charge >= 0.3 is 11.9 Å². The van der Waals surface area contributed by atoms with Crippen LogP contribution in [0, 0.1) is 23.7 Å². The van der Waals surface area contributed by atoms with Gasteiger partial charge in [0, 0.05) is 14.2 Å². The van der Waals surface area contributed by atoms with E-state index < -0.39 is 11.8 Å². The van der Waals surface area contributed by atoms with Crippen LogP contribution in [0.15, 0.2) is 12.2 Å². The van der Waals surface area contributed by atoms with Crippen molar-refractivity contribution in [3.8, 4) is 0 Å². The minimum Gasteiger partial charge on any atom is -0.463 e. The van der Waals surface area contributed by atoms with E-state index in [1.165, 1.54) is 0 Å². The monoisotopic (exact) mass is 298 g/mol. The summed E-state index contributed by atoms with van der Waals surface area (Å²) in [4.78, 5) is 24.4. The van der Waals surface area contributed by atoms with Gasteiger partial charge in [-0.25, -0.2) is 0 Å². The molecule has 0 N–H and O–H groups in total. The molecule has 0 aromatic heterocycles. The van der Waals surface area contributed by atoms with Crippen molar-refractivity contribution in [3.63, 3.8) is 0 Å². The molecule has 0 spiro atoms. The Kier molecular flexibility index (Phi) is 5.76. The van der Waals surface area contributed by atoms with E-state index in [2.05, 4.69) is 0 Å². The first-order valence-electron chi connectivity index (χ1n) is 7.18. The maximum absolute atomic E-state index is 12.2. The van der Waals surface area contributed by atoms with Crippen LogP contribution in [-0.2, 0) is 28.5 Å². The van der Waals surface area contributed by atoms with E-state index in [0.29, 0.717) is 13.2 Å². The number of allylic oxidation sites excluding steroid dienone is 2. The Morgan fingerprint density at radius 3 is 1.67 bits per heavy atom. The van der Waals surface area contributed by atoms with Gasteiger partial charge in [0.05, 0.1) is 25.0 Å². The highest BCUT2D eigenvalue weighted by atomic mass is 16.6. The summed E-state index contributed by atoms with van der Waals surface area (Å²) in [5.74, 6) is -1.40. The van der Waals surface area contributed by atoms with Gasteiger partial charge in [-0.1, -0.05) is 12.2 Å². The number of carbonyl (C=O) groups excluding carboxylic acids is 2. The summed E-state index contributed by atoms with van der Waals surface area (Å²) in [7, 11) is 3.09. The molecule has 4 atom stereocenters. The molecular formula is C15H22O6. The molecule has 2 aliphatic rings. The van der Waals surface area contributed by atoms with Crippen LogP contribution in [0.3, 0.4) is 0 Å². The van der Waals surface area contributed by atoms with Gasteiger partial charge in [-0.15, -0.1) is 0 Å². The molecule has 0 heterocycles. The molecule has 1 fully saturated rings. The Balaban J connectivity index is 1.95. The molecule has 118 valence electrons. The molecule has 0 aromatic carbocycles. The number of rotatable bonds is 8. The van der Waals surface area contributed by atoms with Crippen LogP contribution < -0.4 is 0 Å². The summed E-state index contributed by atoms with van der Waals surface area (Å²) in [5.41, 5.74) is 0. The lowest BCUT2D eigenvalue weighted by Gasteiger charge is -2.24. The van der Waals surface area contributed by atoms with Crippen molar-refractivity contribution in [2.45, 2.75) is 6.42 Å². The topological polar surface area (TPSA) is 71.1 Å². The summed E-state index contributed by atoms with van der Waals surface area (Å²) >= 11 is 0. The van der Waals surface area contributed by atoms with E-state index in [4.69, 9.17) is 18.9 Å². The van der Waals surface area contributed by atoms with Crippen molar-refractivity contribution in [1.82, 2.24) is 0 Å². The third-order valence-electron chi connectivity index (χ3n) is 4.07. The first kappa shape index (κ1) is 16.0. The SMILES string of the molecule is COCCOC(=O)C1C(C(=O)OCCOC)[C@H]2C=C[C@@H]1C2. The number of hydrogen-bond acceptors (Lipinski definition) is 6. The fraction of sp³-hybridized carbons (Fsp3) is 0.733. The number of ether oxygens (including phenoxy) is 4. The lowest BCUT2D eigenvalue weighted by molar-refractivity contribution is -0.162. The van der Waals surface area contributed by atoms with Crippen LogP contribution >= 0.6 is 0 Å². The molecule has 0 radical (unpaired) electrons. The lowest BCUT2D eigenvalue weighted by atomic mass is 9.83. The van der Waals surface area contributed by atoms with Crippen molar-refractivity contribution in [1.29, 1.82) is 0 Å². The molecule has 0 amide bonds. The Bertz CT molecular complexity index is 369. The standard InChI is InChI=1S/C15H22O6/c1-18-5-7-20-14(16)12-10-3-4-11(9-10)13(12)15(17)21-8-6-19-2/h3-4,10-13H,5-9H2,1-2H3/t10-,11+,12?,13?. The van der Waals surface area contributed by atoms with Gasteiger partial charge in [0.1, 0.15) is 13.2 Å². The van der Waals surface area contributed by atoms with E-state index in [1.54, 1.807) is 14.2 Å². The zero-order valence-corrected chi connectivity index (χ0v) is 12.4. The van der Waals surface area contributed by atoms with E-state index in [9.17, 15) is 9.59 Å². The second kappa shape index (κ2) is 7.56. The minimum atomic E-state index is -0.438. The maximum Gasteiger partial charge on any atom is 0.310 e. The van der Waals surface area contributed by atoms with Crippen molar-refractivity contribution >= 4 is 11.9 Å². The Morgan fingerprint density at radius 2 is 1.29 bits per heavy atom. The van der Waals surface area contributed by atoms with Gasteiger partial charge in [-0.2, -0.15) is 0 Å². The fourth-order valence-corrected chi connectivity index (χ4v) is 3.11. The second-order valence-electron chi connectivity index (χ2n) is 5.32. The number of hydrogen-bond donors (Lipinski definition) is 0. The number of esters is 2. The van der Waals surface area contributed by atoms with Crippen molar-refractivity contribution in [2.75, 3.05) is 40.6 Å². The number of methoxy groups -OCH3 is 2. The summed E-state index contributed by atoms with van der Waals surface area (Å²) in [6.07, 6.45) is 4.83.